The van der Waals surface area contributed by atoms with Crippen molar-refractivity contribution in [2.24, 2.45) is 0 Å². The van der Waals surface area contributed by atoms with Crippen LogP contribution in [0, 0.1) is 6.92 Å². The third-order valence-corrected chi connectivity index (χ3v) is 3.76. The van der Waals surface area contributed by atoms with E-state index < -0.39 is 0 Å². The molecule has 0 atom stereocenters. The second-order valence-corrected chi connectivity index (χ2v) is 5.90. The van der Waals surface area contributed by atoms with Crippen LogP contribution in [0.1, 0.15) is 28.4 Å². The molecule has 0 aliphatic heterocycles. The molecule has 0 aliphatic rings. The summed E-state index contributed by atoms with van der Waals surface area (Å²) in [5, 5.41) is 0.673. The molecule has 0 radical (unpaired) electrons. The Kier molecular flexibility index (Phi) is 4.84. The molecule has 0 saturated heterocycles. The first-order chi connectivity index (χ1) is 9.47. The summed E-state index contributed by atoms with van der Waals surface area (Å²) >= 11 is 9.52. The molecule has 0 saturated carbocycles. The van der Waals surface area contributed by atoms with Crippen LogP contribution in [0.15, 0.2) is 40.9 Å². The van der Waals surface area contributed by atoms with Gasteiger partial charge in [-0.25, -0.2) is 0 Å². The third-order valence-electron chi connectivity index (χ3n) is 2.91. The molecular weight excluding hydrogens is 340 g/mol. The van der Waals surface area contributed by atoms with Gasteiger partial charge in [-0.2, -0.15) is 0 Å². The minimum absolute atomic E-state index is 0.0312. The molecule has 0 aliphatic carbocycles. The van der Waals surface area contributed by atoms with Gasteiger partial charge in [0.2, 0.25) is 0 Å². The van der Waals surface area contributed by atoms with Crippen molar-refractivity contribution in [2.45, 2.75) is 20.5 Å². The summed E-state index contributed by atoms with van der Waals surface area (Å²) in [5.41, 5.74) is 2.56. The fourth-order valence-corrected chi connectivity index (χ4v) is 2.48. The molecule has 0 unspecified atom stereocenters. The Labute approximate surface area is 131 Å². The quantitative estimate of drug-likeness (QED) is 0.707. The molecule has 2 rings (SSSR count). The minimum Gasteiger partial charge on any atom is -0.488 e. The van der Waals surface area contributed by atoms with Gasteiger partial charge in [0.25, 0.3) is 0 Å². The fraction of sp³-hybridized carbons (Fsp3) is 0.188. The topological polar surface area (TPSA) is 26.3 Å². The predicted octanol–water partition coefficient (Wildman–Crippen LogP) is 5.19. The van der Waals surface area contributed by atoms with Crippen molar-refractivity contribution < 1.29 is 9.53 Å². The predicted molar refractivity (Wildman–Crippen MR) is 84.7 cm³/mol. The van der Waals surface area contributed by atoms with E-state index in [2.05, 4.69) is 15.9 Å². The van der Waals surface area contributed by atoms with Crippen molar-refractivity contribution >= 4 is 33.3 Å². The van der Waals surface area contributed by atoms with Crippen LogP contribution in [0.2, 0.25) is 5.02 Å². The van der Waals surface area contributed by atoms with Gasteiger partial charge in [-0.05, 0) is 43.7 Å². The molecule has 0 bridgehead atoms. The Morgan fingerprint density at radius 2 is 2.00 bits per heavy atom. The lowest BCUT2D eigenvalue weighted by Crippen LogP contribution is -2.02. The standard InChI is InChI=1S/C16H14BrClO2/c1-10-3-4-12(15(18)7-10)9-20-16-6-5-13(17)8-14(16)11(2)19/h3-8H,9H2,1-2H3. The van der Waals surface area contributed by atoms with Crippen LogP contribution in [0.3, 0.4) is 0 Å². The molecule has 0 fully saturated rings. The van der Waals surface area contributed by atoms with Crippen LogP contribution in [0.25, 0.3) is 0 Å². The number of hydrogen-bond donors (Lipinski definition) is 0. The van der Waals surface area contributed by atoms with Crippen molar-refractivity contribution in [1.82, 2.24) is 0 Å². The monoisotopic (exact) mass is 352 g/mol. The normalized spacial score (nSPS) is 10.4. The highest BCUT2D eigenvalue weighted by Gasteiger charge is 2.10. The largest absolute Gasteiger partial charge is 0.488 e. The lowest BCUT2D eigenvalue weighted by molar-refractivity contribution is 0.101. The van der Waals surface area contributed by atoms with E-state index >= 15 is 0 Å². The molecule has 2 aromatic rings. The Balaban J connectivity index is 2.20. The molecule has 0 heterocycles. The Hall–Kier alpha value is -1.32. The highest BCUT2D eigenvalue weighted by Crippen LogP contribution is 2.26. The van der Waals surface area contributed by atoms with Gasteiger partial charge in [-0.3, -0.25) is 4.79 Å². The van der Waals surface area contributed by atoms with Crippen LogP contribution in [-0.2, 0) is 6.61 Å². The molecule has 104 valence electrons. The average molecular weight is 354 g/mol. The van der Waals surface area contributed by atoms with Crippen molar-refractivity contribution in [1.29, 1.82) is 0 Å². The van der Waals surface area contributed by atoms with E-state index in [4.69, 9.17) is 16.3 Å². The van der Waals surface area contributed by atoms with Gasteiger partial charge < -0.3 is 4.74 Å². The van der Waals surface area contributed by atoms with Gasteiger partial charge in [-0.15, -0.1) is 0 Å². The van der Waals surface area contributed by atoms with Crippen LogP contribution in [0.5, 0.6) is 5.75 Å². The first-order valence-corrected chi connectivity index (χ1v) is 7.33. The lowest BCUT2D eigenvalue weighted by atomic mass is 10.1. The first-order valence-electron chi connectivity index (χ1n) is 6.15. The van der Waals surface area contributed by atoms with Crippen molar-refractivity contribution in [3.05, 3.63) is 62.6 Å². The molecule has 2 nitrogen and oxygen atoms in total. The van der Waals surface area contributed by atoms with E-state index in [1.807, 2.05) is 31.2 Å². The number of carbonyl (C=O) groups is 1. The van der Waals surface area contributed by atoms with Crippen LogP contribution in [0.4, 0.5) is 0 Å². The molecule has 2 aromatic carbocycles. The summed E-state index contributed by atoms with van der Waals surface area (Å²) in [6.45, 7) is 3.84. The zero-order valence-corrected chi connectivity index (χ0v) is 13.6. The van der Waals surface area contributed by atoms with Gasteiger partial charge in [0, 0.05) is 15.1 Å². The molecular formula is C16H14BrClO2. The van der Waals surface area contributed by atoms with Crippen molar-refractivity contribution in [3.8, 4) is 5.75 Å². The number of ether oxygens (including phenoxy) is 1. The minimum atomic E-state index is -0.0312. The summed E-state index contributed by atoms with van der Waals surface area (Å²) < 4.78 is 6.58. The van der Waals surface area contributed by atoms with Crippen molar-refractivity contribution in [2.75, 3.05) is 0 Å². The summed E-state index contributed by atoms with van der Waals surface area (Å²) in [6, 6.07) is 11.2. The maximum absolute atomic E-state index is 11.6. The van der Waals surface area contributed by atoms with Gasteiger partial charge in [-0.1, -0.05) is 39.7 Å². The van der Waals surface area contributed by atoms with Gasteiger partial charge in [0.1, 0.15) is 12.4 Å². The molecule has 0 amide bonds. The second-order valence-electron chi connectivity index (χ2n) is 4.58. The SMILES string of the molecule is CC(=O)c1cc(Br)ccc1OCc1ccc(C)cc1Cl. The number of ketones is 1. The van der Waals surface area contributed by atoms with E-state index in [9.17, 15) is 4.79 Å². The second kappa shape index (κ2) is 6.42. The number of carbonyl (C=O) groups excluding carboxylic acids is 1. The molecule has 0 N–H and O–H groups in total. The summed E-state index contributed by atoms with van der Waals surface area (Å²) in [6.07, 6.45) is 0. The van der Waals surface area contributed by atoms with E-state index in [1.165, 1.54) is 6.92 Å². The zero-order chi connectivity index (χ0) is 14.7. The van der Waals surface area contributed by atoms with E-state index in [1.54, 1.807) is 12.1 Å². The maximum atomic E-state index is 11.6. The molecule has 4 heteroatoms. The maximum Gasteiger partial charge on any atom is 0.163 e. The number of rotatable bonds is 4. The van der Waals surface area contributed by atoms with E-state index in [-0.39, 0.29) is 5.78 Å². The Bertz CT molecular complexity index is 653. The van der Waals surface area contributed by atoms with Crippen LogP contribution >= 0.6 is 27.5 Å². The third kappa shape index (κ3) is 3.62. The first kappa shape index (κ1) is 15.1. The fourth-order valence-electron chi connectivity index (χ4n) is 1.83. The number of aryl methyl sites for hydroxylation is 1. The Morgan fingerprint density at radius 3 is 2.65 bits per heavy atom. The molecule has 20 heavy (non-hydrogen) atoms. The molecule has 0 aromatic heterocycles. The van der Waals surface area contributed by atoms with E-state index in [0.717, 1.165) is 15.6 Å². The van der Waals surface area contributed by atoms with Gasteiger partial charge in [0.05, 0.1) is 5.56 Å². The summed E-state index contributed by atoms with van der Waals surface area (Å²) in [4.78, 5) is 11.6. The number of hydrogen-bond acceptors (Lipinski definition) is 2. The van der Waals surface area contributed by atoms with Crippen LogP contribution in [-0.4, -0.2) is 5.78 Å². The van der Waals surface area contributed by atoms with Gasteiger partial charge in [0.15, 0.2) is 5.78 Å². The summed E-state index contributed by atoms with van der Waals surface area (Å²) in [7, 11) is 0. The summed E-state index contributed by atoms with van der Waals surface area (Å²) in [5.74, 6) is 0.536. The molecule has 0 spiro atoms. The van der Waals surface area contributed by atoms with Crippen LogP contribution < -0.4 is 4.74 Å². The smallest absolute Gasteiger partial charge is 0.163 e. The van der Waals surface area contributed by atoms with Gasteiger partial charge >= 0.3 is 0 Å². The number of benzene rings is 2. The zero-order valence-electron chi connectivity index (χ0n) is 11.2. The average Bonchev–Trinajstić information content (AvgIpc) is 2.38. The number of Topliss-reactive ketones (excluding diaryl/α,β-unsaturated/α-hetero) is 1. The highest BCUT2D eigenvalue weighted by molar-refractivity contribution is 9.10. The number of halogens is 2. The highest BCUT2D eigenvalue weighted by atomic mass is 79.9. The van der Waals surface area contributed by atoms with Crippen molar-refractivity contribution in [3.63, 3.8) is 0 Å². The lowest BCUT2D eigenvalue weighted by Gasteiger charge is -2.11. The Morgan fingerprint density at radius 1 is 1.25 bits per heavy atom. The van der Waals surface area contributed by atoms with E-state index in [0.29, 0.717) is 22.9 Å².